The molecule has 0 spiro atoms. The van der Waals surface area contributed by atoms with Gasteiger partial charge in [-0.1, -0.05) is 0 Å². The molecule has 1 aromatic heterocycles. The number of carbonyl (C=O) groups excluding carboxylic acids is 1. The lowest BCUT2D eigenvalue weighted by Crippen LogP contribution is -2.27. The molecule has 1 aromatic rings. The lowest BCUT2D eigenvalue weighted by molar-refractivity contribution is 0.0966. The summed E-state index contributed by atoms with van der Waals surface area (Å²) in [6.07, 6.45) is 2.90. The van der Waals surface area contributed by atoms with E-state index in [9.17, 15) is 4.79 Å². The lowest BCUT2D eigenvalue weighted by atomic mass is 10.1. The summed E-state index contributed by atoms with van der Waals surface area (Å²) in [6.45, 7) is 3.41. The molecule has 12 heavy (non-hydrogen) atoms. The van der Waals surface area contributed by atoms with Gasteiger partial charge in [0.25, 0.3) is 0 Å². The summed E-state index contributed by atoms with van der Waals surface area (Å²) in [5.41, 5.74) is 6.61. The average molecular weight is 165 g/mol. The number of aromatic nitrogens is 2. The van der Waals surface area contributed by atoms with E-state index in [1.807, 2.05) is 0 Å². The van der Waals surface area contributed by atoms with Crippen LogP contribution in [0.4, 0.5) is 0 Å². The van der Waals surface area contributed by atoms with E-state index in [-0.39, 0.29) is 5.78 Å². The fourth-order valence-corrected chi connectivity index (χ4v) is 0.878. The highest BCUT2D eigenvalue weighted by Crippen LogP contribution is 2.04. The van der Waals surface area contributed by atoms with Gasteiger partial charge in [0.2, 0.25) is 0 Å². The Kier molecular flexibility index (Phi) is 2.50. The molecule has 0 saturated carbocycles. The minimum atomic E-state index is -0.491. The third-order valence-corrected chi connectivity index (χ3v) is 1.59. The minimum absolute atomic E-state index is 0.117. The van der Waals surface area contributed by atoms with E-state index in [1.165, 1.54) is 12.5 Å². The van der Waals surface area contributed by atoms with Crippen molar-refractivity contribution >= 4 is 5.78 Å². The molecule has 1 rings (SSSR count). The topological polar surface area (TPSA) is 68.9 Å². The van der Waals surface area contributed by atoms with Gasteiger partial charge in [-0.25, -0.2) is 9.97 Å². The summed E-state index contributed by atoms with van der Waals surface area (Å²) in [6, 6.07) is -0.491. The van der Waals surface area contributed by atoms with Gasteiger partial charge in [0.05, 0.1) is 17.3 Å². The molecular weight excluding hydrogens is 154 g/mol. The first-order chi connectivity index (χ1) is 5.63. The first-order valence-corrected chi connectivity index (χ1v) is 3.69. The third-order valence-electron chi connectivity index (χ3n) is 1.59. The second-order valence-electron chi connectivity index (χ2n) is 2.67. The lowest BCUT2D eigenvalue weighted by Gasteiger charge is -2.04. The number of Topliss-reactive ketones (excluding diaryl/α,β-unsaturated/α-hetero) is 1. The van der Waals surface area contributed by atoms with Gasteiger partial charge in [0.1, 0.15) is 6.33 Å². The molecule has 1 heterocycles. The Morgan fingerprint density at radius 1 is 1.67 bits per heavy atom. The van der Waals surface area contributed by atoms with Crippen molar-refractivity contribution in [3.63, 3.8) is 0 Å². The van der Waals surface area contributed by atoms with Crippen molar-refractivity contribution in [1.29, 1.82) is 0 Å². The van der Waals surface area contributed by atoms with Gasteiger partial charge in [-0.2, -0.15) is 0 Å². The van der Waals surface area contributed by atoms with E-state index >= 15 is 0 Å². The van der Waals surface area contributed by atoms with Crippen LogP contribution >= 0.6 is 0 Å². The van der Waals surface area contributed by atoms with E-state index in [2.05, 4.69) is 9.97 Å². The van der Waals surface area contributed by atoms with Crippen LogP contribution in [0.3, 0.4) is 0 Å². The summed E-state index contributed by atoms with van der Waals surface area (Å²) < 4.78 is 0. The van der Waals surface area contributed by atoms with Crippen molar-refractivity contribution in [2.45, 2.75) is 19.9 Å². The summed E-state index contributed by atoms with van der Waals surface area (Å²) in [7, 11) is 0. The van der Waals surface area contributed by atoms with Crippen LogP contribution in [0, 0.1) is 6.92 Å². The Labute approximate surface area is 70.8 Å². The second kappa shape index (κ2) is 3.40. The first-order valence-electron chi connectivity index (χ1n) is 3.69. The maximum Gasteiger partial charge on any atom is 0.182 e. The van der Waals surface area contributed by atoms with Gasteiger partial charge in [-0.15, -0.1) is 0 Å². The minimum Gasteiger partial charge on any atom is -0.321 e. The maximum atomic E-state index is 11.4. The molecule has 0 aliphatic carbocycles. The standard InChI is InChI=1S/C8H11N3O/c1-5(9)8(12)7-3-10-4-11-6(7)2/h3-5H,9H2,1-2H3. The highest BCUT2D eigenvalue weighted by molar-refractivity contribution is 6.00. The van der Waals surface area contributed by atoms with Crippen molar-refractivity contribution in [2.24, 2.45) is 5.73 Å². The van der Waals surface area contributed by atoms with Gasteiger partial charge in [-0.3, -0.25) is 4.79 Å². The predicted molar refractivity (Wildman–Crippen MR) is 44.7 cm³/mol. The number of hydrogen-bond donors (Lipinski definition) is 1. The van der Waals surface area contributed by atoms with Crippen molar-refractivity contribution in [1.82, 2.24) is 9.97 Å². The largest absolute Gasteiger partial charge is 0.321 e. The number of carbonyl (C=O) groups is 1. The van der Waals surface area contributed by atoms with E-state index in [0.717, 1.165) is 0 Å². The normalized spacial score (nSPS) is 12.6. The van der Waals surface area contributed by atoms with Gasteiger partial charge >= 0.3 is 0 Å². The quantitative estimate of drug-likeness (QED) is 0.640. The van der Waals surface area contributed by atoms with E-state index in [1.54, 1.807) is 13.8 Å². The molecule has 1 atom stereocenters. The molecule has 1 unspecified atom stereocenters. The molecule has 0 radical (unpaired) electrons. The van der Waals surface area contributed by atoms with Crippen molar-refractivity contribution in [2.75, 3.05) is 0 Å². The van der Waals surface area contributed by atoms with Crippen LogP contribution in [0.25, 0.3) is 0 Å². The SMILES string of the molecule is Cc1ncncc1C(=O)C(C)N. The van der Waals surface area contributed by atoms with E-state index < -0.39 is 6.04 Å². The summed E-state index contributed by atoms with van der Waals surface area (Å²) >= 11 is 0. The van der Waals surface area contributed by atoms with Crippen LogP contribution in [0.2, 0.25) is 0 Å². The molecule has 0 aliphatic heterocycles. The highest BCUT2D eigenvalue weighted by atomic mass is 16.1. The Balaban J connectivity index is 3.03. The third kappa shape index (κ3) is 1.65. The zero-order chi connectivity index (χ0) is 9.14. The fraction of sp³-hybridized carbons (Fsp3) is 0.375. The number of ketones is 1. The molecule has 4 nitrogen and oxygen atoms in total. The van der Waals surface area contributed by atoms with Crippen LogP contribution in [0.1, 0.15) is 23.0 Å². The zero-order valence-electron chi connectivity index (χ0n) is 7.11. The second-order valence-corrected chi connectivity index (χ2v) is 2.67. The van der Waals surface area contributed by atoms with E-state index in [4.69, 9.17) is 5.73 Å². The van der Waals surface area contributed by atoms with Crippen LogP contribution < -0.4 is 5.73 Å². The molecule has 0 amide bonds. The highest BCUT2D eigenvalue weighted by Gasteiger charge is 2.13. The first kappa shape index (κ1) is 8.80. The Morgan fingerprint density at radius 3 is 2.83 bits per heavy atom. The number of hydrogen-bond acceptors (Lipinski definition) is 4. The monoisotopic (exact) mass is 165 g/mol. The van der Waals surface area contributed by atoms with Crippen molar-refractivity contribution in [3.05, 3.63) is 23.8 Å². The van der Waals surface area contributed by atoms with E-state index in [0.29, 0.717) is 11.3 Å². The average Bonchev–Trinajstić information content (AvgIpc) is 2.04. The van der Waals surface area contributed by atoms with Crippen molar-refractivity contribution < 1.29 is 4.79 Å². The summed E-state index contributed by atoms with van der Waals surface area (Å²) in [4.78, 5) is 19.0. The summed E-state index contributed by atoms with van der Waals surface area (Å²) in [5.74, 6) is -0.117. The molecule has 64 valence electrons. The van der Waals surface area contributed by atoms with Crippen molar-refractivity contribution in [3.8, 4) is 0 Å². The molecule has 4 heteroatoms. The smallest absolute Gasteiger partial charge is 0.182 e. The molecule has 0 bridgehead atoms. The maximum absolute atomic E-state index is 11.4. The molecule has 2 N–H and O–H groups in total. The number of aryl methyl sites for hydroxylation is 1. The Bertz CT molecular complexity index is 296. The van der Waals surface area contributed by atoms with Crippen LogP contribution in [-0.4, -0.2) is 21.8 Å². The van der Waals surface area contributed by atoms with Gasteiger partial charge in [0.15, 0.2) is 5.78 Å². The van der Waals surface area contributed by atoms with Crippen LogP contribution in [-0.2, 0) is 0 Å². The zero-order valence-corrected chi connectivity index (χ0v) is 7.11. The fourth-order valence-electron chi connectivity index (χ4n) is 0.878. The molecule has 0 saturated heterocycles. The van der Waals surface area contributed by atoms with Gasteiger partial charge in [-0.05, 0) is 13.8 Å². The van der Waals surface area contributed by atoms with Gasteiger partial charge in [0, 0.05) is 6.20 Å². The van der Waals surface area contributed by atoms with Crippen LogP contribution in [0.15, 0.2) is 12.5 Å². The predicted octanol–water partition coefficient (Wildman–Crippen LogP) is 0.315. The molecular formula is C8H11N3O. The summed E-state index contributed by atoms with van der Waals surface area (Å²) in [5, 5.41) is 0. The molecule has 0 fully saturated rings. The van der Waals surface area contributed by atoms with Gasteiger partial charge < -0.3 is 5.73 Å². The number of nitrogens with zero attached hydrogens (tertiary/aromatic N) is 2. The van der Waals surface area contributed by atoms with Crippen LogP contribution in [0.5, 0.6) is 0 Å². The Morgan fingerprint density at radius 2 is 2.33 bits per heavy atom. The number of nitrogens with two attached hydrogens (primary N) is 1. The molecule has 0 aliphatic rings. The molecule has 0 aromatic carbocycles. The Hall–Kier alpha value is -1.29. The number of rotatable bonds is 2.